The van der Waals surface area contributed by atoms with Crippen molar-refractivity contribution in [2.75, 3.05) is 6.61 Å². The number of H-pyrrole nitrogens is 1. The maximum atomic E-state index is 14.4. The average Bonchev–Trinajstić information content (AvgIpc) is 3.05. The van der Waals surface area contributed by atoms with E-state index in [1.165, 1.54) is 0 Å². The van der Waals surface area contributed by atoms with Crippen molar-refractivity contribution in [2.45, 2.75) is 20.3 Å². The first-order chi connectivity index (χ1) is 13.0. The number of carbonyl (C=O) groups excluding carboxylic acids is 1. The van der Waals surface area contributed by atoms with Gasteiger partial charge >= 0.3 is 5.97 Å². The highest BCUT2D eigenvalue weighted by molar-refractivity contribution is 7.85. The van der Waals surface area contributed by atoms with Crippen LogP contribution in [-0.4, -0.2) is 22.7 Å². The fraction of sp³-hybridized carbons (Fsp3) is 0.190. The van der Waals surface area contributed by atoms with Crippen molar-refractivity contribution in [1.29, 1.82) is 0 Å². The molecule has 3 rings (SSSR count). The summed E-state index contributed by atoms with van der Waals surface area (Å²) < 4.78 is 19.5. The summed E-state index contributed by atoms with van der Waals surface area (Å²) in [4.78, 5) is 15.2. The molecule has 0 saturated heterocycles. The predicted molar refractivity (Wildman–Crippen MR) is 107 cm³/mol. The molecular weight excluding hydrogens is 361 g/mol. The van der Waals surface area contributed by atoms with Crippen LogP contribution in [-0.2, 0) is 15.7 Å². The summed E-state index contributed by atoms with van der Waals surface area (Å²) >= 11 is 0. The van der Waals surface area contributed by atoms with E-state index in [0.29, 0.717) is 28.0 Å². The van der Waals surface area contributed by atoms with Crippen molar-refractivity contribution >= 4 is 29.2 Å². The van der Waals surface area contributed by atoms with Gasteiger partial charge in [0.05, 0.1) is 12.0 Å². The van der Waals surface area contributed by atoms with Crippen LogP contribution < -0.4 is 16.0 Å². The first-order valence-electron chi connectivity index (χ1n) is 8.86. The molecule has 1 heterocycles. The molecule has 0 radical (unpaired) electrons. The number of nitrogens with one attached hydrogen (secondary N) is 1. The van der Waals surface area contributed by atoms with Crippen LogP contribution in [0.15, 0.2) is 60.7 Å². The lowest BCUT2D eigenvalue weighted by molar-refractivity contribution is 0.0522. The highest BCUT2D eigenvalue weighted by atomic mass is 31.2. The number of aromatic amines is 1. The summed E-state index contributed by atoms with van der Waals surface area (Å²) in [5.74, 6) is -0.936. The molecule has 140 valence electrons. The lowest BCUT2D eigenvalue weighted by Gasteiger charge is -2.20. The number of benzene rings is 2. The largest absolute Gasteiger partial charge is 0.494 e. The Morgan fingerprint density at radius 2 is 1.52 bits per heavy atom. The molecule has 3 aromatic rings. The van der Waals surface area contributed by atoms with Crippen LogP contribution in [0.25, 0.3) is 0 Å². The fourth-order valence-corrected chi connectivity index (χ4v) is 6.14. The molecule has 2 N–H and O–H groups in total. The minimum absolute atomic E-state index is 0.0569. The summed E-state index contributed by atoms with van der Waals surface area (Å²) in [5.41, 5.74) is 0.936. The van der Waals surface area contributed by atoms with Crippen molar-refractivity contribution in [2.24, 2.45) is 0 Å². The number of carbonyl (C=O) groups is 1. The van der Waals surface area contributed by atoms with Crippen LogP contribution in [0.1, 0.15) is 29.8 Å². The molecule has 6 heteroatoms. The average molecular weight is 383 g/mol. The Morgan fingerprint density at radius 1 is 1.00 bits per heavy atom. The van der Waals surface area contributed by atoms with Gasteiger partial charge in [0.15, 0.2) is 7.14 Å². The van der Waals surface area contributed by atoms with Crippen molar-refractivity contribution < 1.29 is 19.2 Å². The van der Waals surface area contributed by atoms with E-state index in [0.717, 1.165) is 0 Å². The molecule has 0 saturated carbocycles. The van der Waals surface area contributed by atoms with Gasteiger partial charge in [0.2, 0.25) is 5.88 Å². The van der Waals surface area contributed by atoms with Gasteiger partial charge in [0, 0.05) is 10.6 Å². The van der Waals surface area contributed by atoms with Gasteiger partial charge in [-0.3, -0.25) is 0 Å². The minimum Gasteiger partial charge on any atom is -0.494 e. The number of hydrogen-bond acceptors (Lipinski definition) is 4. The highest BCUT2D eigenvalue weighted by Gasteiger charge is 2.37. The monoisotopic (exact) mass is 383 g/mol. The van der Waals surface area contributed by atoms with Crippen LogP contribution >= 0.6 is 7.14 Å². The number of aromatic hydroxyl groups is 1. The van der Waals surface area contributed by atoms with Crippen LogP contribution in [0.5, 0.6) is 5.88 Å². The van der Waals surface area contributed by atoms with Crippen molar-refractivity contribution in [1.82, 2.24) is 4.98 Å². The lowest BCUT2D eigenvalue weighted by atomic mass is 10.1. The van der Waals surface area contributed by atoms with Crippen molar-refractivity contribution in [3.8, 4) is 5.88 Å². The quantitative estimate of drug-likeness (QED) is 0.506. The first-order valence-corrected chi connectivity index (χ1v) is 10.6. The molecule has 0 aliphatic rings. The van der Waals surface area contributed by atoms with E-state index in [1.54, 1.807) is 31.2 Å². The molecule has 2 aromatic carbocycles. The van der Waals surface area contributed by atoms with Gasteiger partial charge in [-0.15, -0.1) is 0 Å². The normalized spacial score (nSPS) is 11.3. The number of aromatic nitrogens is 1. The van der Waals surface area contributed by atoms with Gasteiger partial charge in [-0.05, 0) is 18.9 Å². The zero-order chi connectivity index (χ0) is 19.4. The molecule has 5 nitrogen and oxygen atoms in total. The van der Waals surface area contributed by atoms with Crippen molar-refractivity contribution in [3.63, 3.8) is 0 Å². The molecule has 0 fully saturated rings. The van der Waals surface area contributed by atoms with Gasteiger partial charge < -0.3 is 19.4 Å². The van der Waals surface area contributed by atoms with Gasteiger partial charge in [0.25, 0.3) is 0 Å². The zero-order valence-corrected chi connectivity index (χ0v) is 16.2. The summed E-state index contributed by atoms with van der Waals surface area (Å²) in [5, 5.41) is 11.7. The Bertz CT molecular complexity index is 937. The molecule has 0 aliphatic heterocycles. The lowest BCUT2D eigenvalue weighted by Crippen LogP contribution is -2.28. The molecule has 0 spiro atoms. The van der Waals surface area contributed by atoms with E-state index in [1.807, 2.05) is 43.3 Å². The summed E-state index contributed by atoms with van der Waals surface area (Å²) in [7, 11) is -3.32. The Morgan fingerprint density at radius 3 is 1.96 bits per heavy atom. The zero-order valence-electron chi connectivity index (χ0n) is 15.3. The Labute approximate surface area is 158 Å². The Kier molecular flexibility index (Phi) is 5.52. The Balaban J connectivity index is 2.31. The molecule has 0 atom stereocenters. The summed E-state index contributed by atoms with van der Waals surface area (Å²) in [6, 6.07) is 18.2. The molecule has 1 aromatic heterocycles. The van der Waals surface area contributed by atoms with E-state index in [-0.39, 0.29) is 18.1 Å². The van der Waals surface area contributed by atoms with Crippen LogP contribution in [0, 0.1) is 0 Å². The molecule has 0 amide bonds. The van der Waals surface area contributed by atoms with E-state index in [4.69, 9.17) is 4.74 Å². The third-order valence-electron chi connectivity index (χ3n) is 4.45. The van der Waals surface area contributed by atoms with Crippen LogP contribution in [0.4, 0.5) is 0 Å². The first kappa shape index (κ1) is 19.0. The topological polar surface area (TPSA) is 79.4 Å². The van der Waals surface area contributed by atoms with E-state index >= 15 is 0 Å². The van der Waals surface area contributed by atoms with Gasteiger partial charge in [0.1, 0.15) is 5.56 Å². The van der Waals surface area contributed by atoms with Crippen LogP contribution in [0.2, 0.25) is 0 Å². The molecular formula is C21H22NO4P. The number of rotatable bonds is 6. The fourth-order valence-electron chi connectivity index (χ4n) is 3.23. The third-order valence-corrected chi connectivity index (χ3v) is 7.51. The van der Waals surface area contributed by atoms with E-state index in [9.17, 15) is 14.5 Å². The van der Waals surface area contributed by atoms with Crippen molar-refractivity contribution in [3.05, 3.63) is 71.8 Å². The second-order valence-corrected chi connectivity index (χ2v) is 8.73. The number of ether oxygens (including phenoxy) is 1. The standard InChI is InChI=1S/C21H22NO4P/c1-3-17-18(21(24)26-4-2)19(23)22-20(17)27(25,15-11-7-5-8-12-15)16-13-9-6-10-14-16/h5-14,22-23H,3-4H2,1-2H3. The second-order valence-electron chi connectivity index (χ2n) is 6.03. The van der Waals surface area contributed by atoms with E-state index < -0.39 is 13.1 Å². The van der Waals surface area contributed by atoms with Gasteiger partial charge in [-0.2, -0.15) is 0 Å². The third kappa shape index (κ3) is 3.31. The summed E-state index contributed by atoms with van der Waals surface area (Å²) in [6.07, 6.45) is 0.421. The Hall–Kier alpha value is -2.78. The highest BCUT2D eigenvalue weighted by Crippen LogP contribution is 2.44. The number of esters is 1. The summed E-state index contributed by atoms with van der Waals surface area (Å²) in [6.45, 7) is 3.75. The molecule has 0 aliphatic carbocycles. The maximum Gasteiger partial charge on any atom is 0.343 e. The maximum absolute atomic E-state index is 14.4. The SMILES string of the molecule is CCOC(=O)c1c(O)[nH]c(P(=O)(c2ccccc2)c2ccccc2)c1CC. The molecule has 0 unspecified atom stereocenters. The minimum atomic E-state index is -3.32. The predicted octanol–water partition coefficient (Wildman–Crippen LogP) is 3.10. The molecule has 27 heavy (non-hydrogen) atoms. The second kappa shape index (κ2) is 7.85. The molecule has 0 bridgehead atoms. The van der Waals surface area contributed by atoms with Crippen LogP contribution in [0.3, 0.4) is 0 Å². The van der Waals surface area contributed by atoms with E-state index in [2.05, 4.69) is 4.98 Å². The van der Waals surface area contributed by atoms with Gasteiger partial charge in [-0.25, -0.2) is 4.79 Å². The smallest absolute Gasteiger partial charge is 0.343 e. The van der Waals surface area contributed by atoms with Gasteiger partial charge in [-0.1, -0.05) is 67.6 Å². The number of hydrogen-bond donors (Lipinski definition) is 2.